The lowest BCUT2D eigenvalue weighted by molar-refractivity contribution is -0.144. The summed E-state index contributed by atoms with van der Waals surface area (Å²) in [7, 11) is 0. The molecular weight excluding hydrogens is 697 g/mol. The summed E-state index contributed by atoms with van der Waals surface area (Å²) in [4.78, 5) is 23.3. The van der Waals surface area contributed by atoms with Gasteiger partial charge in [0.1, 0.15) is 24.7 Å². The van der Waals surface area contributed by atoms with Gasteiger partial charge in [-0.25, -0.2) is 0 Å². The van der Waals surface area contributed by atoms with E-state index >= 15 is 0 Å². The molecule has 6 nitrogen and oxygen atoms in total. The SMILES string of the molecule is CCCCCCCCC(CCc1ccc(OCc2ccccc2)cc1)C(=O)O.CCCCCCCCCC(=O)OCCc1ccc(OCc2ccccc2)cc1. The molecule has 6 heteroatoms. The highest BCUT2D eigenvalue weighted by molar-refractivity contribution is 5.70. The number of hydrogen-bond acceptors (Lipinski definition) is 5. The van der Waals surface area contributed by atoms with E-state index in [2.05, 4.69) is 26.0 Å². The minimum Gasteiger partial charge on any atom is -0.489 e. The van der Waals surface area contributed by atoms with Gasteiger partial charge in [-0.1, -0.05) is 176 Å². The molecule has 4 rings (SSSR count). The lowest BCUT2D eigenvalue weighted by Gasteiger charge is -2.13. The Morgan fingerprint density at radius 3 is 1.43 bits per heavy atom. The maximum Gasteiger partial charge on any atom is 0.306 e. The molecule has 0 aromatic heterocycles. The van der Waals surface area contributed by atoms with Crippen molar-refractivity contribution in [3.05, 3.63) is 131 Å². The molecule has 0 aliphatic heterocycles. The molecule has 0 aliphatic rings. The van der Waals surface area contributed by atoms with Gasteiger partial charge in [0.05, 0.1) is 12.5 Å². The molecule has 1 N–H and O–H groups in total. The van der Waals surface area contributed by atoms with Crippen LogP contribution in [0.1, 0.15) is 139 Å². The normalized spacial score (nSPS) is 11.2. The fourth-order valence-corrected chi connectivity index (χ4v) is 6.47. The van der Waals surface area contributed by atoms with Gasteiger partial charge in [-0.15, -0.1) is 0 Å². The average molecular weight is 765 g/mol. The number of carboxylic acid groups (broad SMARTS) is 1. The van der Waals surface area contributed by atoms with Crippen LogP contribution < -0.4 is 9.47 Å². The molecule has 0 spiro atoms. The topological polar surface area (TPSA) is 82.1 Å². The van der Waals surface area contributed by atoms with E-state index in [4.69, 9.17) is 14.2 Å². The Labute approximate surface area is 338 Å². The molecule has 4 aromatic rings. The smallest absolute Gasteiger partial charge is 0.306 e. The molecule has 0 bridgehead atoms. The molecule has 0 amide bonds. The molecular formula is C50H68O6. The van der Waals surface area contributed by atoms with Crippen molar-refractivity contribution >= 4 is 11.9 Å². The van der Waals surface area contributed by atoms with E-state index in [1.807, 2.05) is 97.1 Å². The van der Waals surface area contributed by atoms with Crippen molar-refractivity contribution in [2.75, 3.05) is 6.61 Å². The van der Waals surface area contributed by atoms with Gasteiger partial charge >= 0.3 is 11.9 Å². The first kappa shape index (κ1) is 45.8. The highest BCUT2D eigenvalue weighted by atomic mass is 16.5. The van der Waals surface area contributed by atoms with Crippen molar-refractivity contribution in [1.82, 2.24) is 0 Å². The first-order valence-electron chi connectivity index (χ1n) is 21.4. The van der Waals surface area contributed by atoms with E-state index < -0.39 is 5.97 Å². The van der Waals surface area contributed by atoms with Gasteiger partial charge in [0, 0.05) is 12.8 Å². The van der Waals surface area contributed by atoms with Crippen LogP contribution in [0, 0.1) is 5.92 Å². The van der Waals surface area contributed by atoms with E-state index in [1.54, 1.807) is 0 Å². The van der Waals surface area contributed by atoms with Gasteiger partial charge in [-0.3, -0.25) is 9.59 Å². The van der Waals surface area contributed by atoms with Crippen LogP contribution in [-0.2, 0) is 40.4 Å². The molecule has 0 saturated heterocycles. The Balaban J connectivity index is 0.000000300. The van der Waals surface area contributed by atoms with Crippen LogP contribution in [0.3, 0.4) is 0 Å². The summed E-state index contributed by atoms with van der Waals surface area (Å²) in [6.45, 7) is 6.00. The zero-order valence-electron chi connectivity index (χ0n) is 34.3. The second-order valence-electron chi connectivity index (χ2n) is 14.8. The van der Waals surface area contributed by atoms with Crippen LogP contribution in [0.4, 0.5) is 0 Å². The average Bonchev–Trinajstić information content (AvgIpc) is 3.23. The zero-order chi connectivity index (χ0) is 39.9. The predicted molar refractivity (Wildman–Crippen MR) is 229 cm³/mol. The van der Waals surface area contributed by atoms with Crippen LogP contribution in [0.2, 0.25) is 0 Å². The summed E-state index contributed by atoms with van der Waals surface area (Å²) in [5, 5.41) is 9.49. The van der Waals surface area contributed by atoms with Crippen molar-refractivity contribution in [2.45, 2.75) is 143 Å². The number of unbranched alkanes of at least 4 members (excludes halogenated alkanes) is 11. The maximum absolute atomic E-state index is 11.8. The van der Waals surface area contributed by atoms with E-state index in [9.17, 15) is 14.7 Å². The molecule has 56 heavy (non-hydrogen) atoms. The fourth-order valence-electron chi connectivity index (χ4n) is 6.47. The van der Waals surface area contributed by atoms with Gasteiger partial charge in [-0.2, -0.15) is 0 Å². The highest BCUT2D eigenvalue weighted by Gasteiger charge is 2.17. The van der Waals surface area contributed by atoms with Crippen LogP contribution in [0.5, 0.6) is 11.5 Å². The van der Waals surface area contributed by atoms with E-state index in [0.717, 1.165) is 73.1 Å². The minimum absolute atomic E-state index is 0.0728. The van der Waals surface area contributed by atoms with Gasteiger partial charge in [0.15, 0.2) is 0 Å². The maximum atomic E-state index is 11.8. The monoisotopic (exact) mass is 765 g/mol. The number of esters is 1. The van der Waals surface area contributed by atoms with Crippen LogP contribution in [0.25, 0.3) is 0 Å². The van der Waals surface area contributed by atoms with E-state index in [1.165, 1.54) is 63.4 Å². The number of ether oxygens (including phenoxy) is 3. The quantitative estimate of drug-likeness (QED) is 0.0458. The molecule has 304 valence electrons. The molecule has 4 aromatic carbocycles. The lowest BCUT2D eigenvalue weighted by atomic mass is 9.94. The molecule has 1 unspecified atom stereocenters. The van der Waals surface area contributed by atoms with Crippen LogP contribution in [-0.4, -0.2) is 23.7 Å². The third kappa shape index (κ3) is 21.5. The number of carbonyl (C=O) groups is 2. The number of aryl methyl sites for hydroxylation is 1. The summed E-state index contributed by atoms with van der Waals surface area (Å²) < 4.78 is 17.0. The second kappa shape index (κ2) is 29.7. The van der Waals surface area contributed by atoms with Gasteiger partial charge < -0.3 is 19.3 Å². The highest BCUT2D eigenvalue weighted by Crippen LogP contribution is 2.21. The number of rotatable bonds is 28. The number of benzene rings is 4. The van der Waals surface area contributed by atoms with E-state index in [0.29, 0.717) is 32.7 Å². The third-order valence-electron chi connectivity index (χ3n) is 10.0. The third-order valence-corrected chi connectivity index (χ3v) is 10.0. The van der Waals surface area contributed by atoms with Gasteiger partial charge in [0.2, 0.25) is 0 Å². The molecule has 0 saturated carbocycles. The van der Waals surface area contributed by atoms with Crippen molar-refractivity contribution in [1.29, 1.82) is 0 Å². The lowest BCUT2D eigenvalue weighted by Crippen LogP contribution is -2.14. The number of aliphatic carboxylic acids is 1. The second-order valence-corrected chi connectivity index (χ2v) is 14.8. The first-order valence-corrected chi connectivity index (χ1v) is 21.4. The number of carboxylic acids is 1. The Bertz CT molecular complexity index is 1550. The number of carbonyl (C=O) groups excluding carboxylic acids is 1. The minimum atomic E-state index is -0.656. The standard InChI is InChI=1S/2C25H34O3/c1-2-3-4-5-6-10-13-23(25(26)27)17-14-21-15-18-24(19-16-21)28-20-22-11-8-7-9-12-22;1-2-3-4-5-6-7-11-14-25(26)27-20-19-22-15-17-24(18-16-22)28-21-23-12-9-8-10-13-23/h7-9,11-12,15-16,18-19,23H,2-6,10,13-14,17,20H2,1H3,(H,26,27);8-10,12-13,15-18H,2-7,11,14,19-21H2,1H3. The summed E-state index contributed by atoms with van der Waals surface area (Å²) in [6.07, 6.45) is 19.3. The summed E-state index contributed by atoms with van der Waals surface area (Å²) in [5.41, 5.74) is 4.61. The largest absolute Gasteiger partial charge is 0.489 e. The summed E-state index contributed by atoms with van der Waals surface area (Å²) in [6, 6.07) is 36.3. The number of hydrogen-bond donors (Lipinski definition) is 1. The van der Waals surface area contributed by atoms with Crippen LogP contribution >= 0.6 is 0 Å². The van der Waals surface area contributed by atoms with Crippen molar-refractivity contribution in [3.8, 4) is 11.5 Å². The Morgan fingerprint density at radius 2 is 0.946 bits per heavy atom. The zero-order valence-corrected chi connectivity index (χ0v) is 34.3. The predicted octanol–water partition coefficient (Wildman–Crippen LogP) is 13.1. The molecule has 0 fully saturated rings. The molecule has 0 radical (unpaired) electrons. The Kier molecular flexibility index (Phi) is 24.3. The molecule has 0 aliphatic carbocycles. The molecule has 1 atom stereocenters. The first-order chi connectivity index (χ1) is 27.5. The van der Waals surface area contributed by atoms with Gasteiger partial charge in [-0.05, 0) is 72.2 Å². The fraction of sp³-hybridized carbons (Fsp3) is 0.480. The molecule has 0 heterocycles. The van der Waals surface area contributed by atoms with Crippen molar-refractivity contribution < 1.29 is 28.9 Å². The van der Waals surface area contributed by atoms with Crippen molar-refractivity contribution in [2.24, 2.45) is 5.92 Å². The summed E-state index contributed by atoms with van der Waals surface area (Å²) in [5.74, 6) is 0.728. The van der Waals surface area contributed by atoms with Gasteiger partial charge in [0.25, 0.3) is 0 Å². The Hall–Kier alpha value is -4.58. The van der Waals surface area contributed by atoms with Crippen LogP contribution in [0.15, 0.2) is 109 Å². The van der Waals surface area contributed by atoms with E-state index in [-0.39, 0.29) is 11.9 Å². The Morgan fingerprint density at radius 1 is 0.500 bits per heavy atom. The summed E-state index contributed by atoms with van der Waals surface area (Å²) >= 11 is 0. The van der Waals surface area contributed by atoms with Crippen molar-refractivity contribution in [3.63, 3.8) is 0 Å².